The molecular weight excluding hydrogens is 547 g/mol. The maximum atomic E-state index is 13.7. The quantitative estimate of drug-likeness (QED) is 0.275. The average molecular weight is 576 g/mol. The lowest BCUT2D eigenvalue weighted by atomic mass is 10.1. The zero-order valence-corrected chi connectivity index (χ0v) is 23.4. The highest BCUT2D eigenvalue weighted by molar-refractivity contribution is 6.36. The van der Waals surface area contributed by atoms with Crippen molar-refractivity contribution in [3.05, 3.63) is 88.5 Å². The zero-order chi connectivity index (χ0) is 27.8. The molecule has 0 spiro atoms. The van der Waals surface area contributed by atoms with Crippen LogP contribution in [-0.2, 0) is 6.54 Å². The first kappa shape index (κ1) is 26.4. The van der Waals surface area contributed by atoms with E-state index in [-0.39, 0.29) is 18.7 Å². The van der Waals surface area contributed by atoms with Gasteiger partial charge in [-0.05, 0) is 55.3 Å². The van der Waals surface area contributed by atoms with Gasteiger partial charge in [-0.15, -0.1) is 0 Å². The maximum Gasteiger partial charge on any atom is 0.329 e. The largest absolute Gasteiger partial charge is 0.393 e. The number of amides is 2. The molecule has 2 amide bonds. The summed E-state index contributed by atoms with van der Waals surface area (Å²) in [5, 5.41) is 14.1. The number of hydrogen-bond acceptors (Lipinski definition) is 6. The third kappa shape index (κ3) is 5.06. The molecule has 40 heavy (non-hydrogen) atoms. The number of fused-ring (bicyclic) bond motifs is 3. The van der Waals surface area contributed by atoms with Gasteiger partial charge in [0.05, 0.1) is 30.2 Å². The van der Waals surface area contributed by atoms with Crippen LogP contribution in [0.15, 0.2) is 72.9 Å². The summed E-state index contributed by atoms with van der Waals surface area (Å²) in [6, 6.07) is 20.8. The summed E-state index contributed by atoms with van der Waals surface area (Å²) < 4.78 is 0. The fourth-order valence-electron chi connectivity index (χ4n) is 5.18. The molecule has 3 heterocycles. The van der Waals surface area contributed by atoms with Crippen molar-refractivity contribution in [3.8, 4) is 11.3 Å². The van der Waals surface area contributed by atoms with Gasteiger partial charge in [0.1, 0.15) is 5.69 Å². The van der Waals surface area contributed by atoms with Crippen molar-refractivity contribution in [2.24, 2.45) is 0 Å². The highest BCUT2D eigenvalue weighted by Crippen LogP contribution is 2.41. The van der Waals surface area contributed by atoms with E-state index in [4.69, 9.17) is 28.2 Å². The number of carbonyl (C=O) groups excluding carboxylic acids is 1. The molecule has 2 aliphatic heterocycles. The second-order valence-electron chi connectivity index (χ2n) is 9.96. The van der Waals surface area contributed by atoms with Gasteiger partial charge < -0.3 is 15.3 Å². The number of anilines is 5. The van der Waals surface area contributed by atoms with Crippen molar-refractivity contribution in [1.82, 2.24) is 9.97 Å². The first-order valence-corrected chi connectivity index (χ1v) is 13.9. The number of carbonyl (C=O) groups is 1. The SMILES string of the molecule is CN1C(=O)N(Cc2c(Cl)cccc2Cl)c2ccccc2-c2nc(Nc3ccc(N4CCC(O)CC4)cc3)ncc21. The topological polar surface area (TPSA) is 84.8 Å². The fourth-order valence-corrected chi connectivity index (χ4v) is 5.70. The summed E-state index contributed by atoms with van der Waals surface area (Å²) in [6.45, 7) is 1.88. The smallest absolute Gasteiger partial charge is 0.329 e. The van der Waals surface area contributed by atoms with E-state index in [0.29, 0.717) is 38.6 Å². The van der Waals surface area contributed by atoms with Crippen LogP contribution in [0.3, 0.4) is 0 Å². The number of para-hydroxylation sites is 1. The minimum Gasteiger partial charge on any atom is -0.393 e. The number of urea groups is 1. The summed E-state index contributed by atoms with van der Waals surface area (Å²) in [4.78, 5) is 28.6. The van der Waals surface area contributed by atoms with Crippen molar-refractivity contribution in [2.45, 2.75) is 25.5 Å². The van der Waals surface area contributed by atoms with Gasteiger partial charge in [-0.1, -0.05) is 47.5 Å². The van der Waals surface area contributed by atoms with Crippen LogP contribution in [0.25, 0.3) is 11.3 Å². The Bertz CT molecular complexity index is 1540. The highest BCUT2D eigenvalue weighted by Gasteiger charge is 2.32. The maximum absolute atomic E-state index is 13.7. The van der Waals surface area contributed by atoms with Gasteiger partial charge in [0.2, 0.25) is 5.95 Å². The van der Waals surface area contributed by atoms with Gasteiger partial charge in [-0.25, -0.2) is 14.8 Å². The number of rotatable bonds is 5. The molecule has 1 fully saturated rings. The summed E-state index contributed by atoms with van der Waals surface area (Å²) >= 11 is 12.9. The van der Waals surface area contributed by atoms with E-state index in [1.165, 1.54) is 0 Å². The van der Waals surface area contributed by atoms with Crippen LogP contribution >= 0.6 is 23.2 Å². The predicted molar refractivity (Wildman–Crippen MR) is 161 cm³/mol. The number of nitrogens with one attached hydrogen (secondary N) is 1. The van der Waals surface area contributed by atoms with E-state index in [1.807, 2.05) is 36.4 Å². The van der Waals surface area contributed by atoms with E-state index in [9.17, 15) is 9.90 Å². The molecule has 2 aliphatic rings. The molecule has 10 heteroatoms. The molecule has 3 aromatic carbocycles. The number of nitrogens with zero attached hydrogens (tertiary/aromatic N) is 5. The van der Waals surface area contributed by atoms with Crippen LogP contribution in [0.1, 0.15) is 18.4 Å². The number of aliphatic hydroxyl groups excluding tert-OH is 1. The Morgan fingerprint density at radius 2 is 1.65 bits per heavy atom. The van der Waals surface area contributed by atoms with Gasteiger partial charge >= 0.3 is 6.03 Å². The first-order chi connectivity index (χ1) is 19.4. The van der Waals surface area contributed by atoms with Gasteiger partial charge in [0.25, 0.3) is 0 Å². The Balaban J connectivity index is 1.31. The standard InChI is InChI=1S/C30H28Cl2N6O2/c1-36-27-17-33-29(34-19-9-11-20(12-10-19)37-15-13-21(39)14-16-37)35-28(27)22-5-2-3-8-26(22)38(30(36)40)18-23-24(31)6-4-7-25(23)32/h2-12,17,21,39H,13-16,18H2,1H3,(H,33,34,35). The second-order valence-corrected chi connectivity index (χ2v) is 10.8. The Labute approximate surface area is 242 Å². The lowest BCUT2D eigenvalue weighted by Gasteiger charge is -2.31. The Hall–Kier alpha value is -3.85. The molecule has 204 valence electrons. The number of benzene rings is 3. The van der Waals surface area contributed by atoms with Gasteiger partial charge in [0, 0.05) is 52.7 Å². The number of aliphatic hydroxyl groups is 1. The summed E-state index contributed by atoms with van der Waals surface area (Å²) in [5.41, 5.74) is 5.38. The van der Waals surface area contributed by atoms with E-state index < -0.39 is 0 Å². The third-order valence-electron chi connectivity index (χ3n) is 7.43. The lowest BCUT2D eigenvalue weighted by molar-refractivity contribution is 0.145. The highest BCUT2D eigenvalue weighted by atomic mass is 35.5. The Morgan fingerprint density at radius 1 is 0.950 bits per heavy atom. The number of hydrogen-bond donors (Lipinski definition) is 2. The third-order valence-corrected chi connectivity index (χ3v) is 8.14. The summed E-state index contributed by atoms with van der Waals surface area (Å²) in [6.07, 6.45) is 3.02. The molecule has 2 N–H and O–H groups in total. The van der Waals surface area contributed by atoms with Crippen molar-refractivity contribution >= 4 is 57.9 Å². The van der Waals surface area contributed by atoms with Gasteiger partial charge in [-0.2, -0.15) is 0 Å². The first-order valence-electron chi connectivity index (χ1n) is 13.1. The summed E-state index contributed by atoms with van der Waals surface area (Å²) in [7, 11) is 1.71. The molecule has 0 radical (unpaired) electrons. The normalized spacial score (nSPS) is 15.5. The summed E-state index contributed by atoms with van der Waals surface area (Å²) in [5.74, 6) is 0.422. The Morgan fingerprint density at radius 3 is 2.38 bits per heavy atom. The van der Waals surface area contributed by atoms with Gasteiger partial charge in [-0.3, -0.25) is 9.80 Å². The van der Waals surface area contributed by atoms with Crippen LogP contribution in [0, 0.1) is 0 Å². The molecule has 0 aliphatic carbocycles. The molecule has 0 unspecified atom stereocenters. The molecule has 4 aromatic rings. The van der Waals surface area contributed by atoms with Crippen LogP contribution in [-0.4, -0.2) is 47.3 Å². The monoisotopic (exact) mass is 574 g/mol. The molecule has 0 saturated carbocycles. The molecule has 8 nitrogen and oxygen atoms in total. The van der Waals surface area contributed by atoms with Crippen molar-refractivity contribution in [3.63, 3.8) is 0 Å². The predicted octanol–water partition coefficient (Wildman–Crippen LogP) is 6.73. The van der Waals surface area contributed by atoms with Crippen LogP contribution in [0.4, 0.5) is 33.5 Å². The van der Waals surface area contributed by atoms with Crippen molar-refractivity contribution in [1.29, 1.82) is 0 Å². The molecule has 0 bridgehead atoms. The second kappa shape index (κ2) is 11.0. The molecule has 1 saturated heterocycles. The van der Waals surface area contributed by atoms with Crippen LogP contribution < -0.4 is 20.0 Å². The minimum atomic E-state index is -0.243. The lowest BCUT2D eigenvalue weighted by Crippen LogP contribution is -2.40. The number of piperidine rings is 1. The fraction of sp³-hybridized carbons (Fsp3) is 0.233. The molecule has 1 aromatic heterocycles. The minimum absolute atomic E-state index is 0.202. The van der Waals surface area contributed by atoms with Crippen molar-refractivity contribution < 1.29 is 9.90 Å². The van der Waals surface area contributed by atoms with Gasteiger partial charge in [0.15, 0.2) is 0 Å². The van der Waals surface area contributed by atoms with Crippen LogP contribution in [0.2, 0.25) is 10.0 Å². The Kier molecular flexibility index (Phi) is 7.23. The molecule has 6 rings (SSSR count). The van der Waals surface area contributed by atoms with Crippen molar-refractivity contribution in [2.75, 3.05) is 40.2 Å². The zero-order valence-electron chi connectivity index (χ0n) is 21.9. The van der Waals surface area contributed by atoms with Crippen LogP contribution in [0.5, 0.6) is 0 Å². The van der Waals surface area contributed by atoms with E-state index in [1.54, 1.807) is 41.2 Å². The van der Waals surface area contributed by atoms with E-state index >= 15 is 0 Å². The average Bonchev–Trinajstić information content (AvgIpc) is 3.05. The molecular formula is C30H28Cl2N6O2. The number of halogens is 2. The van der Waals surface area contributed by atoms with E-state index in [2.05, 4.69) is 27.3 Å². The van der Waals surface area contributed by atoms with E-state index in [0.717, 1.165) is 42.9 Å². The molecule has 0 atom stereocenters. The number of aromatic nitrogens is 2.